The fraction of sp³-hybridized carbons (Fsp3) is 0.500. The number of carbonyl (C=O) groups is 7. The number of rotatable bonds is 15. The molecule has 5 amide bonds. The van der Waals surface area contributed by atoms with Crippen LogP contribution in [0.3, 0.4) is 0 Å². The van der Waals surface area contributed by atoms with E-state index < -0.39 is 90.3 Å². The fourth-order valence-electron chi connectivity index (χ4n) is 5.16. The number of aliphatic carboxylic acids is 2. The number of carboxylic acids is 2. The summed E-state index contributed by atoms with van der Waals surface area (Å²) in [4.78, 5) is 92.3. The molecule has 1 aromatic carbocycles. The molecular weight excluding hydrogens is 618 g/mol. The van der Waals surface area contributed by atoms with E-state index in [0.29, 0.717) is 12.0 Å². The molecule has 47 heavy (non-hydrogen) atoms. The molecule has 0 spiro atoms. The monoisotopic (exact) mass is 659 g/mol. The number of aromatic nitrogens is 1. The second-order valence-electron chi connectivity index (χ2n) is 11.5. The molecule has 1 aliphatic heterocycles. The molecule has 1 aliphatic rings. The Hall–Kier alpha value is -5.03. The van der Waals surface area contributed by atoms with Gasteiger partial charge in [-0.3, -0.25) is 28.8 Å². The van der Waals surface area contributed by atoms with Crippen LogP contribution >= 0.6 is 0 Å². The minimum absolute atomic E-state index is 0.0462. The number of hydrogen-bond donors (Lipinski definition) is 9. The van der Waals surface area contributed by atoms with Crippen LogP contribution in [0.15, 0.2) is 30.5 Å². The van der Waals surface area contributed by atoms with Crippen LogP contribution in [0.1, 0.15) is 45.6 Å². The molecule has 256 valence electrons. The number of nitrogens with two attached hydrogens (primary N) is 1. The Kier molecular flexibility index (Phi) is 12.4. The van der Waals surface area contributed by atoms with E-state index in [-0.39, 0.29) is 19.4 Å². The van der Waals surface area contributed by atoms with E-state index in [1.807, 2.05) is 18.2 Å². The molecule has 0 saturated carbocycles. The lowest BCUT2D eigenvalue weighted by atomic mass is 10.0. The van der Waals surface area contributed by atoms with Gasteiger partial charge in [0, 0.05) is 30.1 Å². The summed E-state index contributed by atoms with van der Waals surface area (Å²) in [5, 5.41) is 38.9. The highest BCUT2D eigenvalue weighted by Crippen LogP contribution is 2.20. The maximum absolute atomic E-state index is 13.5. The van der Waals surface area contributed by atoms with Crippen molar-refractivity contribution in [1.29, 1.82) is 0 Å². The number of carbonyl (C=O) groups excluding carboxylic acids is 5. The van der Waals surface area contributed by atoms with Crippen molar-refractivity contribution in [2.24, 2.45) is 5.73 Å². The number of benzene rings is 1. The lowest BCUT2D eigenvalue weighted by Crippen LogP contribution is -2.59. The molecule has 17 heteroatoms. The molecule has 7 atom stereocenters. The van der Waals surface area contributed by atoms with Gasteiger partial charge in [-0.15, -0.1) is 0 Å². The number of fused-ring (bicyclic) bond motifs is 1. The standard InChI is InChI=1S/C30H41N7O10/c1-14(26(42)36-21(12-23(39)40)29(45)37-10-6-9-22(37)30(46)47)33-27(43)20(11-17-13-32-19-8-5-4-7-18(17)19)35-25(41)15(2)34-28(44)24(31)16(3)38/h4-5,7-8,13-16,20-22,24,32,38H,6,9-12,31H2,1-3H3,(H,33,43)(H,34,44)(H,35,41)(H,36,42)(H,39,40)(H,46,47)/t14-,15-,16+,20-,21-,22-,24-/m0/s1. The third kappa shape index (κ3) is 9.49. The van der Waals surface area contributed by atoms with E-state index in [4.69, 9.17) is 5.73 Å². The van der Waals surface area contributed by atoms with E-state index >= 15 is 0 Å². The van der Waals surface area contributed by atoms with Crippen molar-refractivity contribution >= 4 is 52.4 Å². The fourth-order valence-corrected chi connectivity index (χ4v) is 5.16. The van der Waals surface area contributed by atoms with E-state index in [1.165, 1.54) is 20.8 Å². The first kappa shape index (κ1) is 36.4. The molecule has 1 fully saturated rings. The molecule has 3 rings (SSSR count). The summed E-state index contributed by atoms with van der Waals surface area (Å²) < 4.78 is 0. The highest BCUT2D eigenvalue weighted by molar-refractivity contribution is 5.97. The first-order chi connectivity index (χ1) is 22.1. The van der Waals surface area contributed by atoms with Crippen LogP contribution in [0, 0.1) is 0 Å². The number of carboxylic acid groups (broad SMARTS) is 2. The highest BCUT2D eigenvalue weighted by Gasteiger charge is 2.39. The van der Waals surface area contributed by atoms with Crippen LogP contribution in [0.2, 0.25) is 0 Å². The first-order valence-electron chi connectivity index (χ1n) is 15.1. The predicted octanol–water partition coefficient (Wildman–Crippen LogP) is -2.05. The summed E-state index contributed by atoms with van der Waals surface area (Å²) in [7, 11) is 0. The molecule has 0 bridgehead atoms. The number of para-hydroxylation sites is 1. The first-order valence-corrected chi connectivity index (χ1v) is 15.1. The molecule has 2 heterocycles. The van der Waals surface area contributed by atoms with Crippen LogP contribution in [0.25, 0.3) is 10.9 Å². The minimum atomic E-state index is -1.60. The van der Waals surface area contributed by atoms with Crippen molar-refractivity contribution < 1.29 is 48.9 Å². The Morgan fingerprint density at radius 2 is 1.49 bits per heavy atom. The zero-order valence-corrected chi connectivity index (χ0v) is 26.2. The van der Waals surface area contributed by atoms with Crippen LogP contribution in [-0.2, 0) is 40.0 Å². The molecule has 1 saturated heterocycles. The van der Waals surface area contributed by atoms with Gasteiger partial charge in [0.25, 0.3) is 0 Å². The molecule has 0 radical (unpaired) electrons. The largest absolute Gasteiger partial charge is 0.481 e. The molecule has 2 aromatic rings. The minimum Gasteiger partial charge on any atom is -0.481 e. The van der Waals surface area contributed by atoms with Crippen molar-refractivity contribution in [3.63, 3.8) is 0 Å². The maximum atomic E-state index is 13.5. The van der Waals surface area contributed by atoms with Crippen molar-refractivity contribution in [3.05, 3.63) is 36.0 Å². The summed E-state index contributed by atoms with van der Waals surface area (Å²) in [6.07, 6.45) is 0.177. The zero-order chi connectivity index (χ0) is 35.0. The smallest absolute Gasteiger partial charge is 0.326 e. The Morgan fingerprint density at radius 1 is 0.894 bits per heavy atom. The van der Waals surface area contributed by atoms with Gasteiger partial charge in [-0.05, 0) is 45.2 Å². The topological polar surface area (TPSA) is 273 Å². The lowest BCUT2D eigenvalue weighted by molar-refractivity contribution is -0.150. The van der Waals surface area contributed by atoms with Gasteiger partial charge >= 0.3 is 11.9 Å². The third-order valence-corrected chi connectivity index (χ3v) is 7.87. The predicted molar refractivity (Wildman–Crippen MR) is 165 cm³/mol. The number of nitrogens with zero attached hydrogens (tertiary/aromatic N) is 1. The van der Waals surface area contributed by atoms with Crippen LogP contribution in [0.5, 0.6) is 0 Å². The number of aromatic amines is 1. The molecule has 1 aromatic heterocycles. The quantitative estimate of drug-likeness (QED) is 0.100. The second-order valence-corrected chi connectivity index (χ2v) is 11.5. The van der Waals surface area contributed by atoms with Crippen LogP contribution in [0.4, 0.5) is 0 Å². The SMILES string of the molecule is C[C@H](NC(=O)[C@H](Cc1c[nH]c2ccccc12)NC(=O)[C@H](C)NC(=O)[C@@H](N)[C@@H](C)O)C(=O)N[C@@H](CC(=O)O)C(=O)N1CCC[C@H]1C(=O)O. The van der Waals surface area contributed by atoms with Gasteiger partial charge in [0.15, 0.2) is 0 Å². The summed E-state index contributed by atoms with van der Waals surface area (Å²) in [5.74, 6) is -6.83. The van der Waals surface area contributed by atoms with Crippen molar-refractivity contribution in [2.75, 3.05) is 6.54 Å². The number of H-pyrrole nitrogens is 1. The molecule has 17 nitrogen and oxygen atoms in total. The molecule has 0 aliphatic carbocycles. The average Bonchev–Trinajstić information content (AvgIpc) is 3.67. The van der Waals surface area contributed by atoms with Gasteiger partial charge in [-0.2, -0.15) is 0 Å². The lowest BCUT2D eigenvalue weighted by Gasteiger charge is -2.28. The highest BCUT2D eigenvalue weighted by atomic mass is 16.4. The summed E-state index contributed by atoms with van der Waals surface area (Å²) >= 11 is 0. The average molecular weight is 660 g/mol. The van der Waals surface area contributed by atoms with Crippen molar-refractivity contribution in [2.45, 2.75) is 88.8 Å². The number of nitrogens with one attached hydrogen (secondary N) is 5. The van der Waals surface area contributed by atoms with Crippen molar-refractivity contribution in [3.8, 4) is 0 Å². The molecule has 10 N–H and O–H groups in total. The molecular formula is C30H41N7O10. The third-order valence-electron chi connectivity index (χ3n) is 7.87. The Balaban J connectivity index is 1.76. The number of amides is 5. The number of hydrogen-bond acceptors (Lipinski definition) is 9. The van der Waals surface area contributed by atoms with Crippen LogP contribution < -0.4 is 27.0 Å². The van der Waals surface area contributed by atoms with E-state index in [2.05, 4.69) is 26.3 Å². The van der Waals surface area contributed by atoms with Crippen molar-refractivity contribution in [1.82, 2.24) is 31.2 Å². The van der Waals surface area contributed by atoms with Crippen LogP contribution in [-0.4, -0.2) is 116 Å². The maximum Gasteiger partial charge on any atom is 0.326 e. The Morgan fingerprint density at radius 3 is 2.09 bits per heavy atom. The van der Waals surface area contributed by atoms with Gasteiger partial charge in [-0.25, -0.2) is 4.79 Å². The summed E-state index contributed by atoms with van der Waals surface area (Å²) in [6, 6.07) is -0.607. The second kappa shape index (κ2) is 16.0. The zero-order valence-electron chi connectivity index (χ0n) is 26.2. The van der Waals surface area contributed by atoms with Gasteiger partial charge in [-0.1, -0.05) is 18.2 Å². The van der Waals surface area contributed by atoms with E-state index in [1.54, 1.807) is 12.3 Å². The Bertz CT molecular complexity index is 1510. The summed E-state index contributed by atoms with van der Waals surface area (Å²) in [6.45, 7) is 4.03. The normalized spacial score (nSPS) is 18.2. The number of likely N-dealkylation sites (tertiary alicyclic amines) is 1. The Labute approximate surface area is 269 Å². The van der Waals surface area contributed by atoms with Gasteiger partial charge in [0.1, 0.15) is 36.3 Å². The summed E-state index contributed by atoms with van der Waals surface area (Å²) in [5.41, 5.74) is 7.06. The van der Waals surface area contributed by atoms with Gasteiger partial charge in [0.05, 0.1) is 12.5 Å². The number of aliphatic hydroxyl groups excluding tert-OH is 1. The molecule has 0 unspecified atom stereocenters. The van der Waals surface area contributed by atoms with Gasteiger partial charge < -0.3 is 52.2 Å². The van der Waals surface area contributed by atoms with E-state index in [0.717, 1.165) is 15.8 Å². The van der Waals surface area contributed by atoms with E-state index in [9.17, 15) is 48.9 Å². The van der Waals surface area contributed by atoms with Gasteiger partial charge in [0.2, 0.25) is 29.5 Å². The number of aliphatic hydroxyl groups is 1.